The molecule has 1 unspecified atom stereocenters. The van der Waals surface area contributed by atoms with Gasteiger partial charge in [-0.3, -0.25) is 4.79 Å². The van der Waals surface area contributed by atoms with E-state index in [0.29, 0.717) is 12.3 Å². The van der Waals surface area contributed by atoms with E-state index in [2.05, 4.69) is 0 Å². The molecule has 1 heterocycles. The standard InChI is InChI=1S/C9H12ClNO2/c1-7(10)6-11(2)9(12)8-4-3-5-13-8/h3-5,7H,6H2,1-2H3. The van der Waals surface area contributed by atoms with Gasteiger partial charge in [-0.25, -0.2) is 0 Å². The summed E-state index contributed by atoms with van der Waals surface area (Å²) in [5, 5.41) is -0.0519. The van der Waals surface area contributed by atoms with Gasteiger partial charge in [-0.15, -0.1) is 11.6 Å². The van der Waals surface area contributed by atoms with Crippen LogP contribution in [0.4, 0.5) is 0 Å². The van der Waals surface area contributed by atoms with E-state index in [-0.39, 0.29) is 11.3 Å². The maximum Gasteiger partial charge on any atom is 0.289 e. The van der Waals surface area contributed by atoms with E-state index in [1.54, 1.807) is 19.2 Å². The van der Waals surface area contributed by atoms with Crippen LogP contribution in [0.25, 0.3) is 0 Å². The van der Waals surface area contributed by atoms with E-state index >= 15 is 0 Å². The highest BCUT2D eigenvalue weighted by Gasteiger charge is 2.15. The lowest BCUT2D eigenvalue weighted by molar-refractivity contribution is 0.0765. The third-order valence-corrected chi connectivity index (χ3v) is 1.74. The van der Waals surface area contributed by atoms with Crippen molar-refractivity contribution in [2.45, 2.75) is 12.3 Å². The molecule has 0 spiro atoms. The third kappa shape index (κ3) is 2.77. The Morgan fingerprint density at radius 1 is 1.77 bits per heavy atom. The van der Waals surface area contributed by atoms with Crippen LogP contribution in [0.15, 0.2) is 22.8 Å². The summed E-state index contributed by atoms with van der Waals surface area (Å²) in [5.41, 5.74) is 0. The Labute approximate surface area is 82.3 Å². The van der Waals surface area contributed by atoms with Crippen LogP contribution in [-0.4, -0.2) is 29.8 Å². The summed E-state index contributed by atoms with van der Waals surface area (Å²) in [5.74, 6) is 0.206. The Kier molecular flexibility index (Phi) is 3.37. The summed E-state index contributed by atoms with van der Waals surface area (Å²) in [6.45, 7) is 2.36. The fourth-order valence-electron chi connectivity index (χ4n) is 1.05. The number of hydrogen-bond acceptors (Lipinski definition) is 2. The normalized spacial score (nSPS) is 12.5. The molecular weight excluding hydrogens is 190 g/mol. The molecule has 0 N–H and O–H groups in total. The van der Waals surface area contributed by atoms with Crippen LogP contribution >= 0.6 is 11.6 Å². The van der Waals surface area contributed by atoms with Gasteiger partial charge in [0.25, 0.3) is 5.91 Å². The number of carbonyl (C=O) groups is 1. The molecule has 0 bridgehead atoms. The predicted octanol–water partition coefficient (Wildman–Crippen LogP) is 1.98. The minimum absolute atomic E-state index is 0.0519. The Balaban J connectivity index is 2.58. The molecule has 3 nitrogen and oxygen atoms in total. The smallest absolute Gasteiger partial charge is 0.289 e. The molecule has 0 radical (unpaired) electrons. The SMILES string of the molecule is CC(Cl)CN(C)C(=O)c1ccco1. The molecule has 0 saturated carbocycles. The van der Waals surface area contributed by atoms with Crippen molar-refractivity contribution in [2.75, 3.05) is 13.6 Å². The number of alkyl halides is 1. The van der Waals surface area contributed by atoms with Gasteiger partial charge in [0.2, 0.25) is 0 Å². The first kappa shape index (κ1) is 10.1. The highest BCUT2D eigenvalue weighted by atomic mass is 35.5. The van der Waals surface area contributed by atoms with Crippen LogP contribution in [0.1, 0.15) is 17.5 Å². The average molecular weight is 202 g/mol. The van der Waals surface area contributed by atoms with Crippen molar-refractivity contribution in [1.29, 1.82) is 0 Å². The lowest BCUT2D eigenvalue weighted by Crippen LogP contribution is -2.31. The van der Waals surface area contributed by atoms with Crippen molar-refractivity contribution in [2.24, 2.45) is 0 Å². The minimum Gasteiger partial charge on any atom is -0.459 e. The monoisotopic (exact) mass is 201 g/mol. The fraction of sp³-hybridized carbons (Fsp3) is 0.444. The fourth-order valence-corrected chi connectivity index (χ4v) is 1.26. The molecule has 1 aromatic heterocycles. The number of furan rings is 1. The topological polar surface area (TPSA) is 33.5 Å². The summed E-state index contributed by atoms with van der Waals surface area (Å²) in [7, 11) is 1.70. The molecule has 1 rings (SSSR count). The van der Waals surface area contributed by atoms with Crippen molar-refractivity contribution < 1.29 is 9.21 Å². The lowest BCUT2D eigenvalue weighted by Gasteiger charge is -2.16. The van der Waals surface area contributed by atoms with Crippen LogP contribution in [0.3, 0.4) is 0 Å². The largest absolute Gasteiger partial charge is 0.459 e. The number of halogens is 1. The molecule has 1 atom stereocenters. The Bertz CT molecular complexity index is 269. The van der Waals surface area contributed by atoms with Crippen LogP contribution in [0, 0.1) is 0 Å². The second-order valence-electron chi connectivity index (χ2n) is 2.94. The van der Waals surface area contributed by atoms with E-state index in [1.165, 1.54) is 11.2 Å². The summed E-state index contributed by atoms with van der Waals surface area (Å²) < 4.78 is 4.96. The zero-order chi connectivity index (χ0) is 9.84. The summed E-state index contributed by atoms with van der Waals surface area (Å²) in [4.78, 5) is 13.1. The Morgan fingerprint density at radius 2 is 2.46 bits per heavy atom. The molecule has 0 aromatic carbocycles. The van der Waals surface area contributed by atoms with Gasteiger partial charge in [-0.2, -0.15) is 0 Å². The summed E-state index contributed by atoms with van der Waals surface area (Å²) in [6.07, 6.45) is 1.48. The maximum absolute atomic E-state index is 11.5. The van der Waals surface area contributed by atoms with E-state index < -0.39 is 0 Å². The molecule has 0 saturated heterocycles. The van der Waals surface area contributed by atoms with Gasteiger partial charge in [0.1, 0.15) is 0 Å². The molecule has 72 valence electrons. The zero-order valence-corrected chi connectivity index (χ0v) is 8.41. The lowest BCUT2D eigenvalue weighted by atomic mass is 10.3. The maximum atomic E-state index is 11.5. The van der Waals surface area contributed by atoms with Crippen molar-refractivity contribution in [3.8, 4) is 0 Å². The van der Waals surface area contributed by atoms with Gasteiger partial charge < -0.3 is 9.32 Å². The molecule has 13 heavy (non-hydrogen) atoms. The molecule has 1 amide bonds. The molecule has 0 aliphatic carbocycles. The second-order valence-corrected chi connectivity index (χ2v) is 3.69. The van der Waals surface area contributed by atoms with E-state index in [4.69, 9.17) is 16.0 Å². The minimum atomic E-state index is -0.141. The number of rotatable bonds is 3. The molecular formula is C9H12ClNO2. The molecule has 0 aliphatic heterocycles. The number of amides is 1. The molecule has 0 fully saturated rings. The van der Waals surface area contributed by atoms with Crippen LogP contribution < -0.4 is 0 Å². The van der Waals surface area contributed by atoms with Gasteiger partial charge in [0, 0.05) is 19.0 Å². The number of carbonyl (C=O) groups excluding carboxylic acids is 1. The van der Waals surface area contributed by atoms with Gasteiger partial charge in [0.15, 0.2) is 5.76 Å². The van der Waals surface area contributed by atoms with E-state index in [9.17, 15) is 4.79 Å². The highest BCUT2D eigenvalue weighted by molar-refractivity contribution is 6.20. The predicted molar refractivity (Wildman–Crippen MR) is 51.0 cm³/mol. The summed E-state index contributed by atoms with van der Waals surface area (Å²) in [6, 6.07) is 3.32. The third-order valence-electron chi connectivity index (χ3n) is 1.60. The number of hydrogen-bond donors (Lipinski definition) is 0. The highest BCUT2D eigenvalue weighted by Crippen LogP contribution is 2.05. The van der Waals surface area contributed by atoms with Crippen LogP contribution in [0.2, 0.25) is 0 Å². The first-order valence-electron chi connectivity index (χ1n) is 4.04. The first-order valence-corrected chi connectivity index (χ1v) is 4.48. The molecule has 0 aliphatic rings. The van der Waals surface area contributed by atoms with Crippen molar-refractivity contribution in [3.05, 3.63) is 24.2 Å². The van der Waals surface area contributed by atoms with Gasteiger partial charge in [-0.1, -0.05) is 0 Å². The van der Waals surface area contributed by atoms with E-state index in [0.717, 1.165) is 0 Å². The van der Waals surface area contributed by atoms with Crippen molar-refractivity contribution in [3.63, 3.8) is 0 Å². The van der Waals surface area contributed by atoms with Gasteiger partial charge in [0.05, 0.1) is 6.26 Å². The van der Waals surface area contributed by atoms with Crippen LogP contribution in [0.5, 0.6) is 0 Å². The van der Waals surface area contributed by atoms with Crippen molar-refractivity contribution in [1.82, 2.24) is 4.90 Å². The zero-order valence-electron chi connectivity index (χ0n) is 7.66. The van der Waals surface area contributed by atoms with Crippen LogP contribution in [-0.2, 0) is 0 Å². The molecule has 1 aromatic rings. The van der Waals surface area contributed by atoms with Gasteiger partial charge in [-0.05, 0) is 19.1 Å². The first-order chi connectivity index (χ1) is 6.11. The Morgan fingerprint density at radius 3 is 2.92 bits per heavy atom. The second kappa shape index (κ2) is 4.33. The summed E-state index contributed by atoms with van der Waals surface area (Å²) >= 11 is 5.75. The molecule has 4 heteroatoms. The van der Waals surface area contributed by atoms with Crippen molar-refractivity contribution >= 4 is 17.5 Å². The average Bonchev–Trinajstić information content (AvgIpc) is 2.53. The van der Waals surface area contributed by atoms with Gasteiger partial charge >= 0.3 is 0 Å². The van der Waals surface area contributed by atoms with E-state index in [1.807, 2.05) is 6.92 Å². The number of nitrogens with zero attached hydrogens (tertiary/aromatic N) is 1. The Hall–Kier alpha value is -0.960. The quantitative estimate of drug-likeness (QED) is 0.701.